The van der Waals surface area contributed by atoms with Crippen molar-refractivity contribution in [3.8, 4) is 0 Å². The highest BCUT2D eigenvalue weighted by atomic mass is 16.5. The van der Waals surface area contributed by atoms with Gasteiger partial charge < -0.3 is 15.2 Å². The van der Waals surface area contributed by atoms with Crippen molar-refractivity contribution < 1.29 is 24.2 Å². The molecule has 0 aromatic carbocycles. The minimum Gasteiger partial charge on any atom is -0.480 e. The van der Waals surface area contributed by atoms with Crippen molar-refractivity contribution in [2.24, 2.45) is 5.92 Å². The second kappa shape index (κ2) is 7.65. The van der Waals surface area contributed by atoms with Gasteiger partial charge in [0.25, 0.3) is 0 Å². The van der Waals surface area contributed by atoms with E-state index in [0.29, 0.717) is 0 Å². The largest absolute Gasteiger partial charge is 0.480 e. The summed E-state index contributed by atoms with van der Waals surface area (Å²) in [6, 6.07) is -1.22. The third-order valence-corrected chi connectivity index (χ3v) is 1.90. The molecule has 1 atom stereocenters. The predicted molar refractivity (Wildman–Crippen MR) is 60.3 cm³/mol. The molecule has 0 heterocycles. The van der Waals surface area contributed by atoms with Crippen molar-refractivity contribution in [1.82, 2.24) is 5.32 Å². The van der Waals surface area contributed by atoms with Crippen LogP contribution in [0.5, 0.6) is 0 Å². The molecule has 98 valence electrons. The van der Waals surface area contributed by atoms with Crippen molar-refractivity contribution in [3.05, 3.63) is 0 Å². The zero-order valence-corrected chi connectivity index (χ0v) is 10.4. The summed E-state index contributed by atoms with van der Waals surface area (Å²) in [7, 11) is 0. The molecule has 0 radical (unpaired) electrons. The number of aliphatic carboxylic acids is 1. The van der Waals surface area contributed by atoms with Gasteiger partial charge >= 0.3 is 11.9 Å². The van der Waals surface area contributed by atoms with E-state index in [9.17, 15) is 14.4 Å². The van der Waals surface area contributed by atoms with E-state index in [0.717, 1.165) is 0 Å². The Morgan fingerprint density at radius 3 is 2.24 bits per heavy atom. The number of amides is 1. The molecule has 0 aromatic rings. The van der Waals surface area contributed by atoms with Crippen LogP contribution in [0.3, 0.4) is 0 Å². The highest BCUT2D eigenvalue weighted by Gasteiger charge is 2.23. The van der Waals surface area contributed by atoms with E-state index in [2.05, 4.69) is 10.1 Å². The van der Waals surface area contributed by atoms with Crippen LogP contribution in [0.15, 0.2) is 0 Å². The Morgan fingerprint density at radius 2 is 1.82 bits per heavy atom. The smallest absolute Gasteiger partial charge is 0.326 e. The van der Waals surface area contributed by atoms with E-state index >= 15 is 0 Å². The summed E-state index contributed by atoms with van der Waals surface area (Å²) in [6.45, 7) is 5.51. The van der Waals surface area contributed by atoms with Crippen molar-refractivity contribution in [2.75, 3.05) is 6.61 Å². The third kappa shape index (κ3) is 7.32. The molecule has 6 heteroatoms. The highest BCUT2D eigenvalue weighted by Crippen LogP contribution is 2.01. The Labute approximate surface area is 100 Å². The maximum Gasteiger partial charge on any atom is 0.326 e. The number of carbonyl (C=O) groups is 3. The lowest BCUT2D eigenvalue weighted by Gasteiger charge is -2.14. The Balaban J connectivity index is 4.29. The first-order valence-electron chi connectivity index (χ1n) is 5.54. The van der Waals surface area contributed by atoms with E-state index in [-0.39, 0.29) is 31.3 Å². The molecule has 2 N–H and O–H groups in total. The van der Waals surface area contributed by atoms with Crippen LogP contribution in [0.1, 0.15) is 33.6 Å². The zero-order chi connectivity index (χ0) is 13.4. The van der Waals surface area contributed by atoms with Gasteiger partial charge in [-0.1, -0.05) is 13.8 Å². The third-order valence-electron chi connectivity index (χ3n) is 1.90. The first-order valence-corrected chi connectivity index (χ1v) is 5.54. The van der Waals surface area contributed by atoms with Gasteiger partial charge in [0.15, 0.2) is 0 Å². The second-order valence-corrected chi connectivity index (χ2v) is 4.07. The highest BCUT2D eigenvalue weighted by molar-refractivity contribution is 5.87. The number of ether oxygens (including phenoxy) is 1. The van der Waals surface area contributed by atoms with Gasteiger partial charge in [-0.05, 0) is 12.8 Å². The Hall–Kier alpha value is -1.59. The van der Waals surface area contributed by atoms with Gasteiger partial charge in [-0.2, -0.15) is 0 Å². The zero-order valence-electron chi connectivity index (χ0n) is 10.4. The van der Waals surface area contributed by atoms with E-state index < -0.39 is 18.0 Å². The molecule has 0 saturated carbocycles. The van der Waals surface area contributed by atoms with Crippen LogP contribution in [0.25, 0.3) is 0 Å². The Morgan fingerprint density at radius 1 is 1.24 bits per heavy atom. The molecule has 0 aromatic heterocycles. The number of carboxylic acids is 1. The molecule has 1 amide bonds. The average Bonchev–Trinajstić information content (AvgIpc) is 2.15. The quantitative estimate of drug-likeness (QED) is 0.639. The number of hydrogen-bond donors (Lipinski definition) is 2. The van der Waals surface area contributed by atoms with E-state index in [4.69, 9.17) is 5.11 Å². The summed E-state index contributed by atoms with van der Waals surface area (Å²) >= 11 is 0. The Bertz CT molecular complexity index is 288. The van der Waals surface area contributed by atoms with Crippen LogP contribution in [0, 0.1) is 5.92 Å². The lowest BCUT2D eigenvalue weighted by atomic mass is 10.1. The predicted octanol–water partition coefficient (Wildman–Crippen LogP) is 0.555. The number of carbonyl (C=O) groups excluding carboxylic acids is 2. The molecule has 0 aliphatic heterocycles. The van der Waals surface area contributed by atoms with Crippen LogP contribution >= 0.6 is 0 Å². The van der Waals surface area contributed by atoms with Gasteiger partial charge in [0, 0.05) is 6.42 Å². The molecule has 0 rings (SSSR count). The van der Waals surface area contributed by atoms with Gasteiger partial charge in [0.2, 0.25) is 5.91 Å². The van der Waals surface area contributed by atoms with E-state index in [1.807, 2.05) is 13.8 Å². The Kier molecular flexibility index (Phi) is 6.93. The molecule has 17 heavy (non-hydrogen) atoms. The number of rotatable bonds is 7. The van der Waals surface area contributed by atoms with Gasteiger partial charge in [0.1, 0.15) is 6.04 Å². The van der Waals surface area contributed by atoms with Crippen LogP contribution in [-0.2, 0) is 19.1 Å². The fourth-order valence-electron chi connectivity index (χ4n) is 1.21. The molecule has 0 aliphatic carbocycles. The average molecular weight is 245 g/mol. The number of nitrogens with one attached hydrogen (secondary N) is 1. The molecular weight excluding hydrogens is 226 g/mol. The lowest BCUT2D eigenvalue weighted by molar-refractivity contribution is -0.150. The molecule has 0 saturated heterocycles. The fourth-order valence-corrected chi connectivity index (χ4v) is 1.21. The summed E-state index contributed by atoms with van der Waals surface area (Å²) in [5.41, 5.74) is 0. The summed E-state index contributed by atoms with van der Waals surface area (Å²) in [5.74, 6) is -2.12. The van der Waals surface area contributed by atoms with Crippen molar-refractivity contribution in [2.45, 2.75) is 39.7 Å². The first-order chi connectivity index (χ1) is 7.86. The van der Waals surface area contributed by atoms with Crippen molar-refractivity contribution in [1.29, 1.82) is 0 Å². The second-order valence-electron chi connectivity index (χ2n) is 4.07. The standard InChI is InChI=1S/C11H19NO5/c1-4-17-10(14)6-8(11(15)16)12-9(13)5-7(2)3/h7-8H,4-6H2,1-3H3,(H,12,13)(H,15,16)/t8-/m1/s1. The molecule has 0 spiro atoms. The topological polar surface area (TPSA) is 92.7 Å². The SMILES string of the molecule is CCOC(=O)C[C@@H](NC(=O)CC(C)C)C(=O)O. The van der Waals surface area contributed by atoms with Gasteiger partial charge in [-0.15, -0.1) is 0 Å². The lowest BCUT2D eigenvalue weighted by Crippen LogP contribution is -2.42. The number of carboxylic acid groups (broad SMARTS) is 1. The monoisotopic (exact) mass is 245 g/mol. The molecule has 0 aliphatic rings. The summed E-state index contributed by atoms with van der Waals surface area (Å²) < 4.78 is 4.63. The summed E-state index contributed by atoms with van der Waals surface area (Å²) in [4.78, 5) is 33.3. The normalized spacial score (nSPS) is 12.0. The van der Waals surface area contributed by atoms with Crippen molar-refractivity contribution >= 4 is 17.8 Å². The maximum atomic E-state index is 11.4. The molecule has 0 bridgehead atoms. The van der Waals surface area contributed by atoms with Crippen molar-refractivity contribution in [3.63, 3.8) is 0 Å². The van der Waals surface area contributed by atoms with Gasteiger partial charge in [0.05, 0.1) is 13.0 Å². The maximum absolute atomic E-state index is 11.4. The van der Waals surface area contributed by atoms with Crippen LogP contribution in [0.2, 0.25) is 0 Å². The van der Waals surface area contributed by atoms with Crippen LogP contribution in [-0.4, -0.2) is 35.6 Å². The number of hydrogen-bond acceptors (Lipinski definition) is 4. The fraction of sp³-hybridized carbons (Fsp3) is 0.727. The van der Waals surface area contributed by atoms with Crippen LogP contribution in [0.4, 0.5) is 0 Å². The van der Waals surface area contributed by atoms with Crippen LogP contribution < -0.4 is 5.32 Å². The molecular formula is C11H19NO5. The minimum absolute atomic E-state index is 0.132. The molecule has 6 nitrogen and oxygen atoms in total. The van der Waals surface area contributed by atoms with E-state index in [1.54, 1.807) is 6.92 Å². The van der Waals surface area contributed by atoms with E-state index in [1.165, 1.54) is 0 Å². The summed E-state index contributed by atoms with van der Waals surface area (Å²) in [5, 5.41) is 11.1. The van der Waals surface area contributed by atoms with Gasteiger partial charge in [-0.3, -0.25) is 9.59 Å². The first kappa shape index (κ1) is 15.4. The molecule has 0 unspecified atom stereocenters. The van der Waals surface area contributed by atoms with Gasteiger partial charge in [-0.25, -0.2) is 4.79 Å². The molecule has 0 fully saturated rings. The summed E-state index contributed by atoms with van der Waals surface area (Å²) in [6.07, 6.45) is -0.125. The minimum atomic E-state index is -1.24. The number of esters is 1.